The Morgan fingerprint density at radius 3 is 2.30 bits per heavy atom. The van der Waals surface area contributed by atoms with Crippen LogP contribution in [-0.2, 0) is 0 Å². The van der Waals surface area contributed by atoms with Crippen molar-refractivity contribution in [1.29, 1.82) is 0 Å². The van der Waals surface area contributed by atoms with Gasteiger partial charge >= 0.3 is 0 Å². The summed E-state index contributed by atoms with van der Waals surface area (Å²) in [5, 5.41) is 3.48. The predicted molar refractivity (Wildman–Crippen MR) is 84.0 cm³/mol. The molecule has 3 nitrogen and oxygen atoms in total. The zero-order chi connectivity index (χ0) is 14.5. The lowest BCUT2D eigenvalue weighted by molar-refractivity contribution is 0.733. The van der Waals surface area contributed by atoms with Gasteiger partial charge in [0, 0.05) is 18.1 Å². The first-order valence-electron chi connectivity index (χ1n) is 7.25. The van der Waals surface area contributed by atoms with Crippen molar-refractivity contribution in [2.75, 3.05) is 5.32 Å². The van der Waals surface area contributed by atoms with Gasteiger partial charge in [-0.25, -0.2) is 0 Å². The topological polar surface area (TPSA) is 37.8 Å². The molecule has 2 unspecified atom stereocenters. The van der Waals surface area contributed by atoms with Crippen LogP contribution in [0.2, 0.25) is 0 Å². The number of hydrogen-bond acceptors (Lipinski definition) is 3. The smallest absolute Gasteiger partial charge is 0.0835 e. The van der Waals surface area contributed by atoms with E-state index in [0.717, 1.165) is 17.1 Å². The highest BCUT2D eigenvalue weighted by Crippen LogP contribution is 2.23. The summed E-state index contributed by atoms with van der Waals surface area (Å²) in [5.41, 5.74) is 4.48. The lowest BCUT2D eigenvalue weighted by Gasteiger charge is -2.17. The summed E-state index contributed by atoms with van der Waals surface area (Å²) in [6.07, 6.45) is 4.64. The quantitative estimate of drug-likeness (QED) is 0.870. The Bertz CT molecular complexity index is 548. The SMILES string of the molecule is CCC(C)c1ccc(NC(C)c2nccnc2C)cc1. The molecule has 1 aromatic carbocycles. The van der Waals surface area contributed by atoms with Gasteiger partial charge in [0.25, 0.3) is 0 Å². The van der Waals surface area contributed by atoms with Crippen LogP contribution in [-0.4, -0.2) is 9.97 Å². The average Bonchev–Trinajstić information content (AvgIpc) is 2.47. The number of anilines is 1. The normalized spacial score (nSPS) is 13.8. The second-order valence-electron chi connectivity index (χ2n) is 5.32. The van der Waals surface area contributed by atoms with Crippen LogP contribution in [0.4, 0.5) is 5.69 Å². The van der Waals surface area contributed by atoms with E-state index in [1.165, 1.54) is 12.0 Å². The standard InChI is InChI=1S/C17H23N3/c1-5-12(2)15-6-8-16(9-7-15)20-14(4)17-13(3)18-10-11-19-17/h6-12,14,20H,5H2,1-4H3. The lowest BCUT2D eigenvalue weighted by atomic mass is 9.98. The largest absolute Gasteiger partial charge is 0.377 e. The van der Waals surface area contributed by atoms with Crippen molar-refractivity contribution >= 4 is 5.69 Å². The van der Waals surface area contributed by atoms with Crippen molar-refractivity contribution in [1.82, 2.24) is 9.97 Å². The van der Waals surface area contributed by atoms with Crippen molar-refractivity contribution in [3.63, 3.8) is 0 Å². The van der Waals surface area contributed by atoms with E-state index < -0.39 is 0 Å². The van der Waals surface area contributed by atoms with Crippen LogP contribution >= 0.6 is 0 Å². The fourth-order valence-electron chi connectivity index (χ4n) is 2.31. The molecule has 3 heteroatoms. The van der Waals surface area contributed by atoms with Crippen LogP contribution in [0, 0.1) is 6.92 Å². The Labute approximate surface area is 121 Å². The fraction of sp³-hybridized carbons (Fsp3) is 0.412. The molecule has 0 spiro atoms. The molecule has 0 aliphatic heterocycles. The molecule has 20 heavy (non-hydrogen) atoms. The van der Waals surface area contributed by atoms with Gasteiger partial charge in [-0.05, 0) is 43.9 Å². The molecule has 2 rings (SSSR count). The summed E-state index contributed by atoms with van der Waals surface area (Å²) >= 11 is 0. The zero-order valence-corrected chi connectivity index (χ0v) is 12.7. The molecule has 0 fully saturated rings. The second kappa shape index (κ2) is 6.51. The predicted octanol–water partition coefficient (Wildman–Crippen LogP) is 4.47. The van der Waals surface area contributed by atoms with E-state index in [0.29, 0.717) is 5.92 Å². The van der Waals surface area contributed by atoms with Gasteiger partial charge < -0.3 is 5.32 Å². The maximum Gasteiger partial charge on any atom is 0.0835 e. The van der Waals surface area contributed by atoms with Crippen LogP contribution in [0.25, 0.3) is 0 Å². The minimum atomic E-state index is 0.151. The van der Waals surface area contributed by atoms with Crippen LogP contribution < -0.4 is 5.32 Å². The van der Waals surface area contributed by atoms with E-state index in [1.807, 2.05) is 6.92 Å². The monoisotopic (exact) mass is 269 g/mol. The number of nitrogens with zero attached hydrogens (tertiary/aromatic N) is 2. The third kappa shape index (κ3) is 3.35. The molecule has 0 radical (unpaired) electrons. The average molecular weight is 269 g/mol. The minimum Gasteiger partial charge on any atom is -0.377 e. The molecule has 2 atom stereocenters. The molecule has 2 aromatic rings. The Hall–Kier alpha value is -1.90. The molecule has 0 amide bonds. The van der Waals surface area contributed by atoms with E-state index in [1.54, 1.807) is 12.4 Å². The van der Waals surface area contributed by atoms with Gasteiger partial charge in [-0.1, -0.05) is 26.0 Å². The third-order valence-electron chi connectivity index (χ3n) is 3.80. The molecule has 0 aliphatic rings. The number of benzene rings is 1. The van der Waals surface area contributed by atoms with Crippen LogP contribution in [0.1, 0.15) is 56.1 Å². The van der Waals surface area contributed by atoms with Gasteiger partial charge in [0.1, 0.15) is 0 Å². The van der Waals surface area contributed by atoms with Gasteiger partial charge in [0.05, 0.1) is 17.4 Å². The van der Waals surface area contributed by atoms with Crippen LogP contribution in [0.15, 0.2) is 36.7 Å². The number of aryl methyl sites for hydroxylation is 1. The molecule has 0 bridgehead atoms. The highest BCUT2D eigenvalue weighted by atomic mass is 15.0. The highest BCUT2D eigenvalue weighted by Gasteiger charge is 2.10. The summed E-state index contributed by atoms with van der Waals surface area (Å²) in [4.78, 5) is 8.70. The summed E-state index contributed by atoms with van der Waals surface area (Å²) in [5.74, 6) is 0.615. The Kier molecular flexibility index (Phi) is 4.72. The Morgan fingerprint density at radius 2 is 1.70 bits per heavy atom. The third-order valence-corrected chi connectivity index (χ3v) is 3.80. The van der Waals surface area contributed by atoms with Gasteiger partial charge in [0.2, 0.25) is 0 Å². The minimum absolute atomic E-state index is 0.151. The highest BCUT2D eigenvalue weighted by molar-refractivity contribution is 5.46. The summed E-state index contributed by atoms with van der Waals surface area (Å²) in [6.45, 7) is 8.58. The maximum atomic E-state index is 4.41. The molecular formula is C17H23N3. The first kappa shape index (κ1) is 14.5. The first-order valence-corrected chi connectivity index (χ1v) is 7.25. The van der Waals surface area contributed by atoms with E-state index in [2.05, 4.69) is 60.3 Å². The van der Waals surface area contributed by atoms with Crippen molar-refractivity contribution in [3.05, 3.63) is 53.6 Å². The Balaban J connectivity index is 2.08. The summed E-state index contributed by atoms with van der Waals surface area (Å²) in [6, 6.07) is 8.84. The number of nitrogens with one attached hydrogen (secondary N) is 1. The first-order chi connectivity index (χ1) is 9.61. The molecular weight excluding hydrogens is 246 g/mol. The molecule has 1 aromatic heterocycles. The molecule has 106 valence electrons. The summed E-state index contributed by atoms with van der Waals surface area (Å²) < 4.78 is 0. The van der Waals surface area contributed by atoms with Crippen LogP contribution in [0.3, 0.4) is 0 Å². The molecule has 0 aliphatic carbocycles. The van der Waals surface area contributed by atoms with E-state index in [-0.39, 0.29) is 6.04 Å². The number of rotatable bonds is 5. The number of aromatic nitrogens is 2. The maximum absolute atomic E-state index is 4.41. The van der Waals surface area contributed by atoms with Crippen molar-refractivity contribution in [2.24, 2.45) is 0 Å². The van der Waals surface area contributed by atoms with Gasteiger partial charge in [-0.3, -0.25) is 9.97 Å². The fourth-order valence-corrected chi connectivity index (χ4v) is 2.31. The molecule has 0 saturated heterocycles. The van der Waals surface area contributed by atoms with E-state index in [4.69, 9.17) is 0 Å². The van der Waals surface area contributed by atoms with Crippen molar-refractivity contribution in [2.45, 2.75) is 46.1 Å². The molecule has 1 N–H and O–H groups in total. The van der Waals surface area contributed by atoms with E-state index in [9.17, 15) is 0 Å². The molecule has 0 saturated carbocycles. The zero-order valence-electron chi connectivity index (χ0n) is 12.7. The van der Waals surface area contributed by atoms with Crippen molar-refractivity contribution < 1.29 is 0 Å². The number of hydrogen-bond donors (Lipinski definition) is 1. The summed E-state index contributed by atoms with van der Waals surface area (Å²) in [7, 11) is 0. The van der Waals surface area contributed by atoms with E-state index >= 15 is 0 Å². The van der Waals surface area contributed by atoms with Crippen LogP contribution in [0.5, 0.6) is 0 Å². The molecule has 1 heterocycles. The second-order valence-corrected chi connectivity index (χ2v) is 5.32. The lowest BCUT2D eigenvalue weighted by Crippen LogP contribution is -2.11. The van der Waals surface area contributed by atoms with Gasteiger partial charge in [-0.15, -0.1) is 0 Å². The Morgan fingerprint density at radius 1 is 1.05 bits per heavy atom. The van der Waals surface area contributed by atoms with Gasteiger partial charge in [0.15, 0.2) is 0 Å². The van der Waals surface area contributed by atoms with Crippen molar-refractivity contribution in [3.8, 4) is 0 Å². The van der Waals surface area contributed by atoms with Gasteiger partial charge in [-0.2, -0.15) is 0 Å².